The highest BCUT2D eigenvalue weighted by molar-refractivity contribution is 5.96. The zero-order valence-corrected chi connectivity index (χ0v) is 12.2. The topological polar surface area (TPSA) is 65.2 Å². The largest absolute Gasteiger partial charge is 0.492 e. The minimum atomic E-state index is -0.00302. The predicted octanol–water partition coefficient (Wildman–Crippen LogP) is 2.96. The molecule has 1 fully saturated rings. The molecule has 0 radical (unpaired) electrons. The van der Waals surface area contributed by atoms with Crippen molar-refractivity contribution in [2.75, 3.05) is 13.2 Å². The summed E-state index contributed by atoms with van der Waals surface area (Å²) in [6.45, 7) is 3.09. The lowest BCUT2D eigenvalue weighted by atomic mass is 9.70. The van der Waals surface area contributed by atoms with Crippen LogP contribution in [0.2, 0.25) is 0 Å². The molecule has 1 heterocycles. The molecule has 0 spiro atoms. The molecule has 0 saturated heterocycles. The number of nitrogens with zero attached hydrogens (tertiary/aromatic N) is 1. The van der Waals surface area contributed by atoms with Crippen LogP contribution in [0.1, 0.15) is 55.8 Å². The number of carbonyl (C=O) groups excluding carboxylic acids is 1. The number of hydrogen-bond donors (Lipinski definition) is 1. The Kier molecular flexibility index (Phi) is 5.12. The van der Waals surface area contributed by atoms with Gasteiger partial charge in [-0.25, -0.2) is 0 Å². The van der Waals surface area contributed by atoms with E-state index >= 15 is 0 Å². The van der Waals surface area contributed by atoms with Gasteiger partial charge in [-0.3, -0.25) is 9.78 Å². The first kappa shape index (κ1) is 15.0. The molecular formula is C16H24N2O2. The summed E-state index contributed by atoms with van der Waals surface area (Å²) >= 11 is 0. The second-order valence-electron chi connectivity index (χ2n) is 5.71. The average Bonchev–Trinajstić information content (AvgIpc) is 2.49. The van der Waals surface area contributed by atoms with Crippen molar-refractivity contribution < 1.29 is 9.53 Å². The van der Waals surface area contributed by atoms with E-state index in [1.54, 1.807) is 18.5 Å². The van der Waals surface area contributed by atoms with Crippen LogP contribution < -0.4 is 10.5 Å². The summed E-state index contributed by atoms with van der Waals surface area (Å²) in [5, 5.41) is 0. The van der Waals surface area contributed by atoms with Crippen molar-refractivity contribution in [2.45, 2.75) is 45.4 Å². The third-order valence-electron chi connectivity index (χ3n) is 4.23. The van der Waals surface area contributed by atoms with Crippen molar-refractivity contribution in [1.82, 2.24) is 4.98 Å². The summed E-state index contributed by atoms with van der Waals surface area (Å²) in [7, 11) is 0. The molecule has 1 aromatic rings. The fourth-order valence-electron chi connectivity index (χ4n) is 3.01. The normalized spacial score (nSPS) is 17.7. The van der Waals surface area contributed by atoms with Crippen LogP contribution in [0.4, 0.5) is 0 Å². The van der Waals surface area contributed by atoms with Crippen molar-refractivity contribution in [3.63, 3.8) is 0 Å². The van der Waals surface area contributed by atoms with Crippen LogP contribution in [0.25, 0.3) is 0 Å². The Labute approximate surface area is 120 Å². The maximum Gasteiger partial charge on any atom is 0.165 e. The number of Topliss-reactive ketones (excluding diaryl/α,β-unsaturated/α-hetero) is 1. The van der Waals surface area contributed by atoms with E-state index in [1.165, 1.54) is 19.3 Å². The van der Waals surface area contributed by atoms with E-state index in [0.717, 1.165) is 12.8 Å². The highest BCUT2D eigenvalue weighted by Crippen LogP contribution is 2.39. The highest BCUT2D eigenvalue weighted by atomic mass is 16.5. The smallest absolute Gasteiger partial charge is 0.165 e. The van der Waals surface area contributed by atoms with Crippen LogP contribution in [0, 0.1) is 5.41 Å². The Morgan fingerprint density at radius 2 is 2.10 bits per heavy atom. The number of hydrogen-bond acceptors (Lipinski definition) is 4. The van der Waals surface area contributed by atoms with Gasteiger partial charge in [-0.15, -0.1) is 0 Å². The molecule has 110 valence electrons. The Hall–Kier alpha value is -1.42. The summed E-state index contributed by atoms with van der Waals surface area (Å²) in [5.41, 5.74) is 6.58. The summed E-state index contributed by atoms with van der Waals surface area (Å²) in [6, 6.07) is 1.78. The van der Waals surface area contributed by atoms with Gasteiger partial charge >= 0.3 is 0 Å². The van der Waals surface area contributed by atoms with E-state index in [0.29, 0.717) is 30.9 Å². The molecule has 0 unspecified atom stereocenters. The fourth-order valence-corrected chi connectivity index (χ4v) is 3.01. The molecule has 0 aromatic carbocycles. The van der Waals surface area contributed by atoms with Crippen molar-refractivity contribution >= 4 is 5.78 Å². The Morgan fingerprint density at radius 3 is 2.75 bits per heavy atom. The van der Waals surface area contributed by atoms with Gasteiger partial charge in [-0.2, -0.15) is 0 Å². The molecule has 4 heteroatoms. The standard InChI is InChI=1S/C16H24N2O2/c1-2-20-14-8-13(10-18-11-14)15(19)9-16(12-17)6-4-3-5-7-16/h8,10-11H,2-7,9,12,17H2,1H3. The molecule has 0 atom stereocenters. The number of carbonyl (C=O) groups is 1. The first-order valence-electron chi connectivity index (χ1n) is 7.50. The van der Waals surface area contributed by atoms with E-state index in [1.807, 2.05) is 6.92 Å². The number of rotatable bonds is 6. The minimum Gasteiger partial charge on any atom is -0.492 e. The fraction of sp³-hybridized carbons (Fsp3) is 0.625. The molecule has 2 rings (SSSR count). The first-order chi connectivity index (χ1) is 9.69. The second kappa shape index (κ2) is 6.84. The van der Waals surface area contributed by atoms with Crippen LogP contribution in [0.5, 0.6) is 5.75 Å². The Bertz CT molecular complexity index is 454. The van der Waals surface area contributed by atoms with Crippen LogP contribution in [0.3, 0.4) is 0 Å². The summed E-state index contributed by atoms with van der Waals surface area (Å²) in [6.07, 6.45) is 9.54. The zero-order chi connectivity index (χ0) is 14.4. The van der Waals surface area contributed by atoms with Crippen molar-refractivity contribution in [2.24, 2.45) is 11.1 Å². The predicted molar refractivity (Wildman–Crippen MR) is 78.9 cm³/mol. The number of nitrogens with two attached hydrogens (primary N) is 1. The average molecular weight is 276 g/mol. The summed E-state index contributed by atoms with van der Waals surface area (Å²) in [5.74, 6) is 0.787. The molecule has 0 bridgehead atoms. The van der Waals surface area contributed by atoms with Gasteiger partial charge < -0.3 is 10.5 Å². The van der Waals surface area contributed by atoms with Gasteiger partial charge in [-0.1, -0.05) is 19.3 Å². The molecule has 1 aromatic heterocycles. The minimum absolute atomic E-state index is 0.00302. The summed E-state index contributed by atoms with van der Waals surface area (Å²) < 4.78 is 5.40. The molecule has 20 heavy (non-hydrogen) atoms. The van der Waals surface area contributed by atoms with E-state index in [4.69, 9.17) is 10.5 Å². The molecule has 4 nitrogen and oxygen atoms in total. The maximum atomic E-state index is 12.5. The lowest BCUT2D eigenvalue weighted by Crippen LogP contribution is -2.35. The van der Waals surface area contributed by atoms with E-state index in [2.05, 4.69) is 4.98 Å². The van der Waals surface area contributed by atoms with Crippen LogP contribution in [-0.4, -0.2) is 23.9 Å². The molecule has 1 saturated carbocycles. The van der Waals surface area contributed by atoms with Gasteiger partial charge in [0.05, 0.1) is 12.8 Å². The number of aromatic nitrogens is 1. The lowest BCUT2D eigenvalue weighted by molar-refractivity contribution is 0.0867. The van der Waals surface area contributed by atoms with E-state index in [-0.39, 0.29) is 11.2 Å². The third-order valence-corrected chi connectivity index (χ3v) is 4.23. The molecule has 2 N–H and O–H groups in total. The van der Waals surface area contributed by atoms with Crippen molar-refractivity contribution in [3.8, 4) is 5.75 Å². The monoisotopic (exact) mass is 276 g/mol. The van der Waals surface area contributed by atoms with Gasteiger partial charge in [-0.05, 0) is 37.8 Å². The molecule has 0 aliphatic heterocycles. The van der Waals surface area contributed by atoms with Gasteiger partial charge in [0.15, 0.2) is 5.78 Å². The van der Waals surface area contributed by atoms with Crippen LogP contribution >= 0.6 is 0 Å². The Morgan fingerprint density at radius 1 is 1.35 bits per heavy atom. The SMILES string of the molecule is CCOc1cncc(C(=O)CC2(CN)CCCCC2)c1. The van der Waals surface area contributed by atoms with Gasteiger partial charge in [0.25, 0.3) is 0 Å². The third kappa shape index (κ3) is 3.57. The van der Waals surface area contributed by atoms with Gasteiger partial charge in [0.2, 0.25) is 0 Å². The van der Waals surface area contributed by atoms with Crippen molar-refractivity contribution in [1.29, 1.82) is 0 Å². The van der Waals surface area contributed by atoms with E-state index < -0.39 is 0 Å². The Balaban J connectivity index is 2.08. The number of ketones is 1. The zero-order valence-electron chi connectivity index (χ0n) is 12.2. The first-order valence-corrected chi connectivity index (χ1v) is 7.50. The van der Waals surface area contributed by atoms with Crippen LogP contribution in [0.15, 0.2) is 18.5 Å². The van der Waals surface area contributed by atoms with Crippen LogP contribution in [-0.2, 0) is 0 Å². The van der Waals surface area contributed by atoms with E-state index in [9.17, 15) is 4.79 Å². The molecule has 1 aliphatic carbocycles. The maximum absolute atomic E-state index is 12.5. The second-order valence-corrected chi connectivity index (χ2v) is 5.71. The molecule has 0 amide bonds. The quantitative estimate of drug-likeness (QED) is 0.811. The summed E-state index contributed by atoms with van der Waals surface area (Å²) in [4.78, 5) is 16.6. The highest BCUT2D eigenvalue weighted by Gasteiger charge is 2.33. The lowest BCUT2D eigenvalue weighted by Gasteiger charge is -2.35. The van der Waals surface area contributed by atoms with Gasteiger partial charge in [0.1, 0.15) is 5.75 Å². The number of pyridine rings is 1. The molecule has 1 aliphatic rings. The number of ether oxygens (including phenoxy) is 1. The van der Waals surface area contributed by atoms with Crippen molar-refractivity contribution in [3.05, 3.63) is 24.0 Å². The van der Waals surface area contributed by atoms with Gasteiger partial charge in [0, 0.05) is 18.2 Å². The molecular weight excluding hydrogens is 252 g/mol.